The van der Waals surface area contributed by atoms with Crippen molar-refractivity contribution in [2.24, 2.45) is 0 Å². The van der Waals surface area contributed by atoms with Crippen molar-refractivity contribution in [3.05, 3.63) is 29.3 Å². The molecule has 2 heterocycles. The Hall–Kier alpha value is -2.04. The molecule has 1 N–H and O–H groups in total. The lowest BCUT2D eigenvalue weighted by Crippen LogP contribution is -2.38. The minimum atomic E-state index is -0.0371. The predicted molar refractivity (Wildman–Crippen MR) is 81.4 cm³/mol. The summed E-state index contributed by atoms with van der Waals surface area (Å²) in [4.78, 5) is 28.1. The molecule has 0 atom stereocenters. The van der Waals surface area contributed by atoms with Gasteiger partial charge in [0, 0.05) is 26.7 Å². The fraction of sp³-hybridized carbons (Fsp3) is 0.500. The SMILES string of the molecule is CN1CCCN(C(=O)c2cccc3c2NCCC3)CC1=O. The Balaban J connectivity index is 1.86. The number of benzene rings is 1. The van der Waals surface area contributed by atoms with Crippen LogP contribution in [0.5, 0.6) is 0 Å². The number of fused-ring (bicyclic) bond motifs is 1. The molecule has 0 bridgehead atoms. The molecule has 21 heavy (non-hydrogen) atoms. The number of hydrogen-bond acceptors (Lipinski definition) is 3. The quantitative estimate of drug-likeness (QED) is 0.848. The lowest BCUT2D eigenvalue weighted by molar-refractivity contribution is -0.129. The molecule has 1 aromatic rings. The number of carbonyl (C=O) groups is 2. The van der Waals surface area contributed by atoms with E-state index in [2.05, 4.69) is 11.4 Å². The molecular formula is C16H21N3O2. The third kappa shape index (κ3) is 2.73. The van der Waals surface area contributed by atoms with Crippen LogP contribution in [0.1, 0.15) is 28.8 Å². The fourth-order valence-corrected chi connectivity index (χ4v) is 3.02. The van der Waals surface area contributed by atoms with Crippen LogP contribution in [-0.2, 0) is 11.2 Å². The van der Waals surface area contributed by atoms with Crippen molar-refractivity contribution < 1.29 is 9.59 Å². The van der Waals surface area contributed by atoms with E-state index in [-0.39, 0.29) is 18.4 Å². The van der Waals surface area contributed by atoms with Crippen molar-refractivity contribution in [1.82, 2.24) is 9.80 Å². The summed E-state index contributed by atoms with van der Waals surface area (Å²) in [5.74, 6) is -0.0245. The second-order valence-electron chi connectivity index (χ2n) is 5.77. The number of para-hydroxylation sites is 1. The summed E-state index contributed by atoms with van der Waals surface area (Å²) in [5, 5.41) is 3.34. The monoisotopic (exact) mass is 287 g/mol. The molecule has 1 aromatic carbocycles. The summed E-state index contributed by atoms with van der Waals surface area (Å²) in [6.07, 6.45) is 2.93. The highest BCUT2D eigenvalue weighted by molar-refractivity contribution is 6.02. The van der Waals surface area contributed by atoms with Gasteiger partial charge in [0.15, 0.2) is 0 Å². The maximum absolute atomic E-state index is 12.8. The summed E-state index contributed by atoms with van der Waals surface area (Å²) in [6.45, 7) is 2.43. The van der Waals surface area contributed by atoms with E-state index >= 15 is 0 Å². The highest BCUT2D eigenvalue weighted by Gasteiger charge is 2.26. The molecule has 0 spiro atoms. The van der Waals surface area contributed by atoms with Crippen molar-refractivity contribution >= 4 is 17.5 Å². The first-order valence-corrected chi connectivity index (χ1v) is 7.56. The van der Waals surface area contributed by atoms with E-state index in [0.29, 0.717) is 18.7 Å². The van der Waals surface area contributed by atoms with Gasteiger partial charge >= 0.3 is 0 Å². The number of amides is 2. The second-order valence-corrected chi connectivity index (χ2v) is 5.77. The van der Waals surface area contributed by atoms with Crippen LogP contribution in [0.15, 0.2) is 18.2 Å². The summed E-state index contributed by atoms with van der Waals surface area (Å²) < 4.78 is 0. The standard InChI is InChI=1S/C16H21N3O2/c1-18-9-4-10-19(11-14(18)20)16(21)13-7-2-5-12-6-3-8-17-15(12)13/h2,5,7,17H,3-4,6,8-11H2,1H3. The van der Waals surface area contributed by atoms with Crippen LogP contribution in [0.25, 0.3) is 0 Å². The van der Waals surface area contributed by atoms with Crippen LogP contribution in [0, 0.1) is 0 Å². The van der Waals surface area contributed by atoms with E-state index < -0.39 is 0 Å². The maximum atomic E-state index is 12.8. The largest absolute Gasteiger partial charge is 0.384 e. The molecule has 2 aliphatic heterocycles. The Kier molecular flexibility index (Phi) is 3.82. The van der Waals surface area contributed by atoms with Gasteiger partial charge in [0.25, 0.3) is 5.91 Å². The van der Waals surface area contributed by atoms with Crippen molar-refractivity contribution in [2.45, 2.75) is 19.3 Å². The van der Waals surface area contributed by atoms with Crippen LogP contribution in [0.2, 0.25) is 0 Å². The van der Waals surface area contributed by atoms with Crippen molar-refractivity contribution in [3.63, 3.8) is 0 Å². The number of aryl methyl sites for hydroxylation is 1. The highest BCUT2D eigenvalue weighted by atomic mass is 16.2. The van der Waals surface area contributed by atoms with E-state index in [9.17, 15) is 9.59 Å². The molecule has 0 aliphatic carbocycles. The number of anilines is 1. The minimum absolute atomic E-state index is 0.0126. The Labute approximate surface area is 124 Å². The molecule has 5 nitrogen and oxygen atoms in total. The minimum Gasteiger partial charge on any atom is -0.384 e. The fourth-order valence-electron chi connectivity index (χ4n) is 3.02. The lowest BCUT2D eigenvalue weighted by Gasteiger charge is -2.25. The Bertz CT molecular complexity index is 571. The number of carbonyl (C=O) groups excluding carboxylic acids is 2. The Morgan fingerprint density at radius 2 is 2.10 bits per heavy atom. The molecule has 2 amide bonds. The van der Waals surface area contributed by atoms with E-state index in [1.54, 1.807) is 16.8 Å². The van der Waals surface area contributed by atoms with E-state index in [1.807, 2.05) is 12.1 Å². The highest BCUT2D eigenvalue weighted by Crippen LogP contribution is 2.27. The van der Waals surface area contributed by atoms with Gasteiger partial charge in [-0.15, -0.1) is 0 Å². The Morgan fingerprint density at radius 1 is 1.24 bits per heavy atom. The number of nitrogens with one attached hydrogen (secondary N) is 1. The van der Waals surface area contributed by atoms with Crippen LogP contribution in [0.4, 0.5) is 5.69 Å². The first-order chi connectivity index (χ1) is 10.2. The molecule has 5 heteroatoms. The molecule has 1 saturated heterocycles. The zero-order valence-corrected chi connectivity index (χ0v) is 12.4. The molecule has 2 aliphatic rings. The average Bonchev–Trinajstić information content (AvgIpc) is 2.68. The van der Waals surface area contributed by atoms with Gasteiger partial charge in [-0.1, -0.05) is 12.1 Å². The van der Waals surface area contributed by atoms with E-state index in [4.69, 9.17) is 0 Å². The van der Waals surface area contributed by atoms with Gasteiger partial charge in [-0.2, -0.15) is 0 Å². The van der Waals surface area contributed by atoms with Gasteiger partial charge in [-0.05, 0) is 30.9 Å². The summed E-state index contributed by atoms with van der Waals surface area (Å²) in [5.41, 5.74) is 2.86. The topological polar surface area (TPSA) is 52.6 Å². The smallest absolute Gasteiger partial charge is 0.256 e. The third-order valence-electron chi connectivity index (χ3n) is 4.27. The normalized spacial score (nSPS) is 18.8. The van der Waals surface area contributed by atoms with E-state index in [1.165, 1.54) is 5.56 Å². The van der Waals surface area contributed by atoms with Crippen LogP contribution in [0.3, 0.4) is 0 Å². The van der Waals surface area contributed by atoms with Gasteiger partial charge in [0.2, 0.25) is 5.91 Å². The van der Waals surface area contributed by atoms with Crippen LogP contribution in [-0.4, -0.2) is 54.8 Å². The van der Waals surface area contributed by atoms with Crippen molar-refractivity contribution in [1.29, 1.82) is 0 Å². The first-order valence-electron chi connectivity index (χ1n) is 7.56. The predicted octanol–water partition coefficient (Wildman–Crippen LogP) is 1.35. The average molecular weight is 287 g/mol. The number of hydrogen-bond donors (Lipinski definition) is 1. The van der Waals surface area contributed by atoms with Gasteiger partial charge < -0.3 is 15.1 Å². The van der Waals surface area contributed by atoms with Crippen molar-refractivity contribution in [3.8, 4) is 0 Å². The van der Waals surface area contributed by atoms with Crippen LogP contribution >= 0.6 is 0 Å². The lowest BCUT2D eigenvalue weighted by atomic mass is 9.98. The third-order valence-corrected chi connectivity index (χ3v) is 4.27. The summed E-state index contributed by atoms with van der Waals surface area (Å²) in [6, 6.07) is 5.86. The molecule has 1 fully saturated rings. The van der Waals surface area contributed by atoms with Crippen LogP contribution < -0.4 is 5.32 Å². The number of nitrogens with zero attached hydrogens (tertiary/aromatic N) is 2. The summed E-state index contributed by atoms with van der Waals surface area (Å²) in [7, 11) is 1.79. The first kappa shape index (κ1) is 13.9. The van der Waals surface area contributed by atoms with Gasteiger partial charge in [0.05, 0.1) is 11.3 Å². The zero-order valence-electron chi connectivity index (χ0n) is 12.4. The Morgan fingerprint density at radius 3 is 2.95 bits per heavy atom. The number of likely N-dealkylation sites (N-methyl/N-ethyl adjacent to an activating group) is 1. The molecule has 0 aromatic heterocycles. The zero-order chi connectivity index (χ0) is 14.8. The molecule has 3 rings (SSSR count). The molecule has 0 unspecified atom stereocenters. The number of rotatable bonds is 1. The maximum Gasteiger partial charge on any atom is 0.256 e. The molecule has 0 saturated carbocycles. The molecule has 0 radical (unpaired) electrons. The van der Waals surface area contributed by atoms with Gasteiger partial charge in [0.1, 0.15) is 6.54 Å². The van der Waals surface area contributed by atoms with Crippen molar-refractivity contribution in [2.75, 3.05) is 38.5 Å². The van der Waals surface area contributed by atoms with E-state index in [0.717, 1.165) is 31.5 Å². The molecular weight excluding hydrogens is 266 g/mol. The van der Waals surface area contributed by atoms with Gasteiger partial charge in [-0.25, -0.2) is 0 Å². The van der Waals surface area contributed by atoms with Gasteiger partial charge in [-0.3, -0.25) is 9.59 Å². The second kappa shape index (κ2) is 5.76. The molecule has 112 valence electrons. The summed E-state index contributed by atoms with van der Waals surface area (Å²) >= 11 is 0.